The molecule has 4 heterocycles. The fourth-order valence-electron chi connectivity index (χ4n) is 5.43. The van der Waals surface area contributed by atoms with Gasteiger partial charge in [-0.2, -0.15) is 0 Å². The standard InChI is InChI=1S/C26H31N7/c1-30-14-16-32(17-15-30)22-10-12-31(13-11-22)21-8-6-19(7-9-21)25-24-18-20-4-2-3-5-23(20)33(24)29-26(27)28-25/h2-9,18,22H,10-17H2,1H3,(H2,27,29). The fraction of sp³-hybridized carbons (Fsp3) is 0.385. The maximum absolute atomic E-state index is 6.08. The smallest absolute Gasteiger partial charge is 0.239 e. The van der Waals surface area contributed by atoms with Crippen molar-refractivity contribution in [2.24, 2.45) is 0 Å². The molecule has 2 aliphatic rings. The second-order valence-electron chi connectivity index (χ2n) is 9.42. The lowest BCUT2D eigenvalue weighted by atomic mass is 10.0. The van der Waals surface area contributed by atoms with Gasteiger partial charge < -0.3 is 15.5 Å². The third-order valence-corrected chi connectivity index (χ3v) is 7.38. The van der Waals surface area contributed by atoms with E-state index in [2.05, 4.69) is 74.3 Å². The van der Waals surface area contributed by atoms with Crippen molar-refractivity contribution in [1.82, 2.24) is 24.4 Å². The number of benzene rings is 2. The first kappa shape index (κ1) is 20.4. The van der Waals surface area contributed by atoms with Crippen LogP contribution < -0.4 is 10.6 Å². The molecule has 0 unspecified atom stereocenters. The van der Waals surface area contributed by atoms with Gasteiger partial charge in [0.15, 0.2) is 0 Å². The second-order valence-corrected chi connectivity index (χ2v) is 9.42. The van der Waals surface area contributed by atoms with Crippen LogP contribution in [0.5, 0.6) is 0 Å². The van der Waals surface area contributed by atoms with Gasteiger partial charge in [0.25, 0.3) is 0 Å². The van der Waals surface area contributed by atoms with E-state index in [4.69, 9.17) is 5.73 Å². The first-order valence-corrected chi connectivity index (χ1v) is 12.0. The van der Waals surface area contributed by atoms with Crippen LogP contribution in [0.3, 0.4) is 0 Å². The molecule has 170 valence electrons. The number of aromatic nitrogens is 3. The van der Waals surface area contributed by atoms with Gasteiger partial charge in [0.05, 0.1) is 11.0 Å². The molecule has 33 heavy (non-hydrogen) atoms. The summed E-state index contributed by atoms with van der Waals surface area (Å²) in [5.41, 5.74) is 11.3. The topological polar surface area (TPSA) is 65.9 Å². The highest BCUT2D eigenvalue weighted by molar-refractivity contribution is 5.92. The third kappa shape index (κ3) is 3.81. The van der Waals surface area contributed by atoms with E-state index in [1.165, 1.54) is 44.7 Å². The fourth-order valence-corrected chi connectivity index (χ4v) is 5.43. The Morgan fingerprint density at radius 2 is 1.58 bits per heavy atom. The van der Waals surface area contributed by atoms with E-state index in [1.54, 1.807) is 0 Å². The van der Waals surface area contributed by atoms with E-state index in [1.807, 2.05) is 16.6 Å². The number of likely N-dealkylation sites (N-methyl/N-ethyl adjacent to an activating group) is 1. The molecule has 0 aliphatic carbocycles. The highest BCUT2D eigenvalue weighted by atomic mass is 15.3. The molecule has 7 nitrogen and oxygen atoms in total. The number of anilines is 2. The highest BCUT2D eigenvalue weighted by Gasteiger charge is 2.26. The molecular weight excluding hydrogens is 410 g/mol. The van der Waals surface area contributed by atoms with E-state index in [0.29, 0.717) is 0 Å². The molecule has 0 atom stereocenters. The van der Waals surface area contributed by atoms with E-state index >= 15 is 0 Å². The number of para-hydroxylation sites is 1. The van der Waals surface area contributed by atoms with Crippen LogP contribution in [0.25, 0.3) is 27.7 Å². The number of hydrogen-bond acceptors (Lipinski definition) is 6. The molecule has 7 heteroatoms. The number of piperidine rings is 1. The largest absolute Gasteiger partial charge is 0.371 e. The van der Waals surface area contributed by atoms with Crippen LogP contribution in [0.2, 0.25) is 0 Å². The average molecular weight is 442 g/mol. The Labute approximate surface area is 194 Å². The van der Waals surface area contributed by atoms with Gasteiger partial charge in [-0.25, -0.2) is 9.50 Å². The first-order valence-electron chi connectivity index (χ1n) is 12.0. The zero-order valence-corrected chi connectivity index (χ0v) is 19.2. The van der Waals surface area contributed by atoms with Crippen molar-refractivity contribution >= 4 is 28.1 Å². The summed E-state index contributed by atoms with van der Waals surface area (Å²) >= 11 is 0. The zero-order valence-electron chi connectivity index (χ0n) is 19.2. The average Bonchev–Trinajstić information content (AvgIpc) is 3.23. The van der Waals surface area contributed by atoms with Gasteiger partial charge in [0.1, 0.15) is 5.69 Å². The summed E-state index contributed by atoms with van der Waals surface area (Å²) in [5, 5.41) is 5.60. The molecule has 0 bridgehead atoms. The Balaban J connectivity index is 1.21. The molecule has 6 rings (SSSR count). The van der Waals surface area contributed by atoms with Gasteiger partial charge in [-0.05, 0) is 44.2 Å². The summed E-state index contributed by atoms with van der Waals surface area (Å²) in [4.78, 5) is 12.3. The molecule has 0 saturated carbocycles. The van der Waals surface area contributed by atoms with E-state index in [9.17, 15) is 0 Å². The molecular formula is C26H31N7. The maximum Gasteiger partial charge on any atom is 0.239 e. The summed E-state index contributed by atoms with van der Waals surface area (Å²) in [6.45, 7) is 7.04. The van der Waals surface area contributed by atoms with Gasteiger partial charge in [0.2, 0.25) is 5.95 Å². The third-order valence-electron chi connectivity index (χ3n) is 7.38. The van der Waals surface area contributed by atoms with Gasteiger partial charge >= 0.3 is 0 Å². The normalized spacial score (nSPS) is 19.0. The lowest BCUT2D eigenvalue weighted by Gasteiger charge is -2.42. The quantitative estimate of drug-likeness (QED) is 0.526. The summed E-state index contributed by atoms with van der Waals surface area (Å²) < 4.78 is 1.91. The minimum absolute atomic E-state index is 0.286. The van der Waals surface area contributed by atoms with Crippen LogP contribution in [0, 0.1) is 0 Å². The molecule has 2 N–H and O–H groups in total. The number of fused-ring (bicyclic) bond motifs is 3. The predicted molar refractivity (Wildman–Crippen MR) is 135 cm³/mol. The molecule has 4 aromatic rings. The molecule has 0 spiro atoms. The lowest BCUT2D eigenvalue weighted by molar-refractivity contribution is 0.0982. The number of nitrogens with zero attached hydrogens (tertiary/aromatic N) is 6. The van der Waals surface area contributed by atoms with Crippen molar-refractivity contribution in [2.45, 2.75) is 18.9 Å². The molecule has 0 amide bonds. The van der Waals surface area contributed by atoms with Crippen molar-refractivity contribution in [3.05, 3.63) is 54.6 Å². The predicted octanol–water partition coefficient (Wildman–Crippen LogP) is 3.35. The molecule has 2 aliphatic heterocycles. The van der Waals surface area contributed by atoms with Crippen molar-refractivity contribution in [1.29, 1.82) is 0 Å². The Morgan fingerprint density at radius 3 is 2.33 bits per heavy atom. The highest BCUT2D eigenvalue weighted by Crippen LogP contribution is 2.30. The van der Waals surface area contributed by atoms with Crippen molar-refractivity contribution < 1.29 is 0 Å². The van der Waals surface area contributed by atoms with Crippen LogP contribution >= 0.6 is 0 Å². The van der Waals surface area contributed by atoms with Gasteiger partial charge in [-0.15, -0.1) is 5.10 Å². The minimum Gasteiger partial charge on any atom is -0.371 e. The number of hydrogen-bond donors (Lipinski definition) is 1. The summed E-state index contributed by atoms with van der Waals surface area (Å²) in [7, 11) is 2.23. The van der Waals surface area contributed by atoms with E-state index in [-0.39, 0.29) is 5.95 Å². The Morgan fingerprint density at radius 1 is 0.848 bits per heavy atom. The lowest BCUT2D eigenvalue weighted by Crippen LogP contribution is -2.52. The SMILES string of the molecule is CN1CCN(C2CCN(c3ccc(-c4nc(N)nn5c4cc4ccccc45)cc3)CC2)CC1. The van der Waals surface area contributed by atoms with Crippen molar-refractivity contribution in [3.8, 4) is 11.3 Å². The monoisotopic (exact) mass is 441 g/mol. The minimum atomic E-state index is 0.286. The summed E-state index contributed by atoms with van der Waals surface area (Å²) in [5.74, 6) is 0.286. The number of nitrogen functional groups attached to an aromatic ring is 1. The Bertz CT molecular complexity index is 1260. The van der Waals surface area contributed by atoms with Crippen LogP contribution in [0.4, 0.5) is 11.6 Å². The van der Waals surface area contributed by atoms with Crippen molar-refractivity contribution in [2.75, 3.05) is 56.9 Å². The maximum atomic E-state index is 6.08. The molecule has 2 aromatic carbocycles. The molecule has 0 radical (unpaired) electrons. The van der Waals surface area contributed by atoms with E-state index < -0.39 is 0 Å². The molecule has 2 aromatic heterocycles. The Hall–Kier alpha value is -3.16. The second kappa shape index (κ2) is 8.32. The van der Waals surface area contributed by atoms with Gasteiger partial charge in [0, 0.05) is 61.9 Å². The molecule has 2 saturated heterocycles. The summed E-state index contributed by atoms with van der Waals surface area (Å²) in [6.07, 6.45) is 2.48. The number of nitrogens with two attached hydrogens (primary N) is 1. The van der Waals surface area contributed by atoms with Crippen molar-refractivity contribution in [3.63, 3.8) is 0 Å². The first-order chi connectivity index (χ1) is 16.2. The van der Waals surface area contributed by atoms with Gasteiger partial charge in [-0.1, -0.05) is 30.3 Å². The zero-order chi connectivity index (χ0) is 22.4. The number of rotatable bonds is 3. The van der Waals surface area contributed by atoms with Crippen LogP contribution in [0.15, 0.2) is 54.6 Å². The van der Waals surface area contributed by atoms with Gasteiger partial charge in [-0.3, -0.25) is 4.90 Å². The Kier molecular flexibility index (Phi) is 5.15. The van der Waals surface area contributed by atoms with E-state index in [0.717, 1.165) is 46.8 Å². The number of piperazine rings is 1. The van der Waals surface area contributed by atoms with Crippen LogP contribution in [0.1, 0.15) is 12.8 Å². The molecule has 2 fully saturated rings. The van der Waals surface area contributed by atoms with Crippen LogP contribution in [-0.2, 0) is 0 Å². The summed E-state index contributed by atoms with van der Waals surface area (Å²) in [6, 6.07) is 19.9. The van der Waals surface area contributed by atoms with Crippen LogP contribution in [-0.4, -0.2) is 76.8 Å².